The zero-order valence-electron chi connectivity index (χ0n) is 9.47. The molecule has 2 rings (SSSR count). The van der Waals surface area contributed by atoms with E-state index in [-0.39, 0.29) is 0 Å². The number of rotatable bonds is 3. The molecule has 0 fully saturated rings. The Bertz CT molecular complexity index is 529. The Morgan fingerprint density at radius 2 is 2.06 bits per heavy atom. The molecule has 3 nitrogen and oxygen atoms in total. The summed E-state index contributed by atoms with van der Waals surface area (Å²) in [4.78, 5) is 0. The van der Waals surface area contributed by atoms with Crippen molar-refractivity contribution in [1.29, 1.82) is 0 Å². The fourth-order valence-corrected chi connectivity index (χ4v) is 1.55. The largest absolute Gasteiger partial charge is 0.389 e. The maximum atomic E-state index is 12.8. The average Bonchev–Trinajstić information content (AvgIpc) is 2.77. The topological polar surface area (TPSA) is 38.0 Å². The second-order valence-corrected chi connectivity index (χ2v) is 3.75. The van der Waals surface area contributed by atoms with Crippen LogP contribution in [0, 0.1) is 0 Å². The summed E-state index contributed by atoms with van der Waals surface area (Å²) in [5.74, 6) is -0.546. The van der Waals surface area contributed by atoms with Gasteiger partial charge < -0.3 is 5.11 Å². The standard InChI is InChI=1S/C13H13FN2O/c1-16-7-6-13(15-16)11-4-2-10(3-5-11)8-12(14)9-17/h2-8,17H,9H2,1H3/b12-8-. The second kappa shape index (κ2) is 4.93. The molecule has 0 bridgehead atoms. The first-order valence-electron chi connectivity index (χ1n) is 5.26. The van der Waals surface area contributed by atoms with Crippen LogP contribution in [0.25, 0.3) is 17.3 Å². The first-order valence-corrected chi connectivity index (χ1v) is 5.26. The zero-order chi connectivity index (χ0) is 12.3. The molecule has 0 unspecified atom stereocenters. The molecule has 0 radical (unpaired) electrons. The lowest BCUT2D eigenvalue weighted by Gasteiger charge is -1.98. The molecule has 0 saturated carbocycles. The predicted octanol–water partition coefficient (Wildman–Crippen LogP) is 2.39. The Balaban J connectivity index is 2.24. The van der Waals surface area contributed by atoms with Crippen LogP contribution in [0.15, 0.2) is 42.4 Å². The van der Waals surface area contributed by atoms with Gasteiger partial charge in [0.2, 0.25) is 0 Å². The van der Waals surface area contributed by atoms with Crippen LogP contribution in [0.1, 0.15) is 5.56 Å². The molecule has 2 aromatic rings. The number of aliphatic hydroxyl groups is 1. The van der Waals surface area contributed by atoms with Crippen molar-refractivity contribution in [2.45, 2.75) is 0 Å². The quantitative estimate of drug-likeness (QED) is 0.882. The van der Waals surface area contributed by atoms with Gasteiger partial charge in [-0.05, 0) is 17.7 Å². The van der Waals surface area contributed by atoms with E-state index in [0.29, 0.717) is 0 Å². The second-order valence-electron chi connectivity index (χ2n) is 3.75. The number of nitrogens with zero attached hydrogens (tertiary/aromatic N) is 2. The van der Waals surface area contributed by atoms with E-state index in [1.807, 2.05) is 31.4 Å². The van der Waals surface area contributed by atoms with Crippen LogP contribution in [-0.4, -0.2) is 21.5 Å². The number of hydrogen-bond donors (Lipinski definition) is 1. The van der Waals surface area contributed by atoms with Crippen LogP contribution in [0.3, 0.4) is 0 Å². The van der Waals surface area contributed by atoms with Gasteiger partial charge in [-0.3, -0.25) is 4.68 Å². The molecule has 1 aromatic carbocycles. The maximum Gasteiger partial charge on any atom is 0.126 e. The summed E-state index contributed by atoms with van der Waals surface area (Å²) < 4.78 is 14.6. The molecule has 1 N–H and O–H groups in total. The number of aliphatic hydroxyl groups excluding tert-OH is 1. The Morgan fingerprint density at radius 3 is 2.59 bits per heavy atom. The van der Waals surface area contributed by atoms with Gasteiger partial charge >= 0.3 is 0 Å². The molecule has 0 spiro atoms. The predicted molar refractivity (Wildman–Crippen MR) is 64.8 cm³/mol. The Morgan fingerprint density at radius 1 is 1.35 bits per heavy atom. The number of halogens is 1. The van der Waals surface area contributed by atoms with Crippen molar-refractivity contribution in [3.8, 4) is 11.3 Å². The van der Waals surface area contributed by atoms with E-state index in [1.165, 1.54) is 6.08 Å². The average molecular weight is 232 g/mol. The summed E-state index contributed by atoms with van der Waals surface area (Å²) in [6.07, 6.45) is 3.18. The highest BCUT2D eigenvalue weighted by Crippen LogP contribution is 2.18. The maximum absolute atomic E-state index is 12.8. The van der Waals surface area contributed by atoms with E-state index < -0.39 is 12.4 Å². The van der Waals surface area contributed by atoms with Crippen molar-refractivity contribution in [3.63, 3.8) is 0 Å². The van der Waals surface area contributed by atoms with E-state index in [0.717, 1.165) is 16.8 Å². The Kier molecular flexibility index (Phi) is 3.35. The summed E-state index contributed by atoms with van der Waals surface area (Å²) in [7, 11) is 1.86. The SMILES string of the molecule is Cn1ccc(-c2ccc(/C=C(\F)CO)cc2)n1. The lowest BCUT2D eigenvalue weighted by Crippen LogP contribution is -1.88. The molecule has 1 heterocycles. The van der Waals surface area contributed by atoms with Crippen molar-refractivity contribution in [2.75, 3.05) is 6.61 Å². The highest BCUT2D eigenvalue weighted by molar-refractivity contribution is 5.62. The van der Waals surface area contributed by atoms with Gasteiger partial charge in [-0.2, -0.15) is 5.10 Å². The van der Waals surface area contributed by atoms with Crippen LogP contribution in [0.4, 0.5) is 4.39 Å². The molecule has 4 heteroatoms. The number of hydrogen-bond acceptors (Lipinski definition) is 2. The van der Waals surface area contributed by atoms with Crippen LogP contribution >= 0.6 is 0 Å². The number of benzene rings is 1. The van der Waals surface area contributed by atoms with Crippen molar-refractivity contribution >= 4 is 6.08 Å². The van der Waals surface area contributed by atoms with Crippen molar-refractivity contribution in [2.24, 2.45) is 7.05 Å². The van der Waals surface area contributed by atoms with Crippen molar-refractivity contribution in [3.05, 3.63) is 47.9 Å². The number of aryl methyl sites for hydroxylation is 1. The van der Waals surface area contributed by atoms with Crippen LogP contribution in [0.2, 0.25) is 0 Å². The third kappa shape index (κ3) is 2.79. The lowest BCUT2D eigenvalue weighted by molar-refractivity contribution is 0.300. The van der Waals surface area contributed by atoms with Gasteiger partial charge in [-0.25, -0.2) is 4.39 Å². The van der Waals surface area contributed by atoms with Crippen LogP contribution < -0.4 is 0 Å². The lowest BCUT2D eigenvalue weighted by atomic mass is 10.1. The fourth-order valence-electron chi connectivity index (χ4n) is 1.55. The van der Waals surface area contributed by atoms with Crippen molar-refractivity contribution < 1.29 is 9.50 Å². The first kappa shape index (κ1) is 11.5. The van der Waals surface area contributed by atoms with E-state index >= 15 is 0 Å². The third-order valence-electron chi connectivity index (χ3n) is 2.39. The minimum absolute atomic E-state index is 0.546. The minimum Gasteiger partial charge on any atom is -0.389 e. The fraction of sp³-hybridized carbons (Fsp3) is 0.154. The molecule has 0 saturated heterocycles. The zero-order valence-corrected chi connectivity index (χ0v) is 9.47. The molecule has 0 atom stereocenters. The van der Waals surface area contributed by atoms with Gasteiger partial charge in [0.15, 0.2) is 0 Å². The Hall–Kier alpha value is -1.94. The molecular formula is C13H13FN2O. The molecule has 1 aromatic heterocycles. The highest BCUT2D eigenvalue weighted by atomic mass is 19.1. The van der Waals surface area contributed by atoms with E-state index in [2.05, 4.69) is 5.10 Å². The summed E-state index contributed by atoms with van der Waals surface area (Å²) in [5.41, 5.74) is 2.58. The van der Waals surface area contributed by atoms with E-state index in [4.69, 9.17) is 5.11 Å². The van der Waals surface area contributed by atoms with Gasteiger partial charge in [0.1, 0.15) is 5.83 Å². The van der Waals surface area contributed by atoms with Gasteiger partial charge in [0.25, 0.3) is 0 Å². The van der Waals surface area contributed by atoms with E-state index in [1.54, 1.807) is 16.8 Å². The summed E-state index contributed by atoms with van der Waals surface area (Å²) in [5, 5.41) is 12.9. The molecule has 0 amide bonds. The molecule has 0 aliphatic rings. The summed E-state index contributed by atoms with van der Waals surface area (Å²) >= 11 is 0. The van der Waals surface area contributed by atoms with Gasteiger partial charge in [0, 0.05) is 18.8 Å². The third-order valence-corrected chi connectivity index (χ3v) is 2.39. The van der Waals surface area contributed by atoms with Gasteiger partial charge in [-0.1, -0.05) is 24.3 Å². The molecule has 0 aliphatic heterocycles. The molecule has 88 valence electrons. The number of aromatic nitrogens is 2. The van der Waals surface area contributed by atoms with Gasteiger partial charge in [0.05, 0.1) is 12.3 Å². The van der Waals surface area contributed by atoms with Crippen LogP contribution in [0.5, 0.6) is 0 Å². The minimum atomic E-state index is -0.567. The highest BCUT2D eigenvalue weighted by Gasteiger charge is 2.00. The summed E-state index contributed by atoms with van der Waals surface area (Å²) in [6, 6.07) is 9.25. The Labute approximate surface area is 98.8 Å². The normalized spacial score (nSPS) is 11.8. The molecule has 0 aliphatic carbocycles. The first-order chi connectivity index (χ1) is 8.19. The van der Waals surface area contributed by atoms with Crippen LogP contribution in [-0.2, 0) is 7.05 Å². The molecule has 17 heavy (non-hydrogen) atoms. The van der Waals surface area contributed by atoms with Crippen molar-refractivity contribution in [1.82, 2.24) is 9.78 Å². The van der Waals surface area contributed by atoms with Gasteiger partial charge in [-0.15, -0.1) is 0 Å². The van der Waals surface area contributed by atoms with E-state index in [9.17, 15) is 4.39 Å². The summed E-state index contributed by atoms with van der Waals surface area (Å²) in [6.45, 7) is -0.567. The smallest absolute Gasteiger partial charge is 0.126 e. The monoisotopic (exact) mass is 232 g/mol. The molecular weight excluding hydrogens is 219 g/mol.